The Hall–Kier alpha value is -4.35. The van der Waals surface area contributed by atoms with Crippen LogP contribution >= 0.6 is 0 Å². The van der Waals surface area contributed by atoms with Crippen molar-refractivity contribution in [3.63, 3.8) is 0 Å². The zero-order valence-electron chi connectivity index (χ0n) is 23.3. The molecule has 210 valence electrons. The van der Waals surface area contributed by atoms with Crippen molar-refractivity contribution in [2.75, 3.05) is 24.7 Å². The van der Waals surface area contributed by atoms with Gasteiger partial charge in [-0.1, -0.05) is 36.4 Å². The van der Waals surface area contributed by atoms with Gasteiger partial charge in [0.25, 0.3) is 0 Å². The van der Waals surface area contributed by atoms with Crippen LogP contribution in [0.1, 0.15) is 43.7 Å². The lowest BCUT2D eigenvalue weighted by atomic mass is 9.67. The molecule has 0 N–H and O–H groups in total. The topological polar surface area (TPSA) is 89.6 Å². The van der Waals surface area contributed by atoms with Gasteiger partial charge in [0.05, 0.1) is 61.0 Å². The monoisotopic (exact) mass is 550 g/mol. The summed E-state index contributed by atoms with van der Waals surface area (Å²) in [5.74, 6) is 0.731. The Morgan fingerprint density at radius 3 is 2.78 bits per heavy atom. The molecule has 2 fully saturated rings. The van der Waals surface area contributed by atoms with Crippen molar-refractivity contribution < 1.29 is 19.0 Å². The van der Waals surface area contributed by atoms with E-state index < -0.39 is 5.60 Å². The largest absolute Gasteiger partial charge is 0.494 e. The van der Waals surface area contributed by atoms with Crippen LogP contribution in [-0.2, 0) is 22.6 Å². The molecule has 1 saturated heterocycles. The molecular formula is C33H34N4O4. The predicted octanol–water partition coefficient (Wildman–Crippen LogP) is 6.48. The van der Waals surface area contributed by atoms with Crippen LogP contribution in [0.4, 0.5) is 10.5 Å². The van der Waals surface area contributed by atoms with Crippen LogP contribution in [0.2, 0.25) is 0 Å². The minimum Gasteiger partial charge on any atom is -0.494 e. The predicted molar refractivity (Wildman–Crippen MR) is 156 cm³/mol. The molecule has 1 aliphatic carbocycles. The molecule has 8 nitrogen and oxygen atoms in total. The summed E-state index contributed by atoms with van der Waals surface area (Å²) in [4.78, 5) is 19.6. The number of anilines is 1. The number of aromatic nitrogens is 2. The van der Waals surface area contributed by atoms with E-state index in [0.29, 0.717) is 44.9 Å². The fourth-order valence-corrected chi connectivity index (χ4v) is 6.47. The molecule has 8 heteroatoms. The Balaban J connectivity index is 1.29. The maximum atomic E-state index is 13.3. The third-order valence-electron chi connectivity index (χ3n) is 8.22. The first-order chi connectivity index (χ1) is 20.0. The summed E-state index contributed by atoms with van der Waals surface area (Å²) in [6, 6.07) is 25.6. The van der Waals surface area contributed by atoms with Gasteiger partial charge in [-0.05, 0) is 68.5 Å². The molecule has 6 rings (SSSR count). The summed E-state index contributed by atoms with van der Waals surface area (Å²) in [5, 5.41) is 9.49. The van der Waals surface area contributed by atoms with E-state index in [1.54, 1.807) is 11.0 Å². The molecule has 2 aliphatic rings. The van der Waals surface area contributed by atoms with Gasteiger partial charge >= 0.3 is 6.09 Å². The second-order valence-electron chi connectivity index (χ2n) is 11.3. The number of nitrogens with zero attached hydrogens (tertiary/aromatic N) is 4. The van der Waals surface area contributed by atoms with E-state index in [2.05, 4.69) is 27.8 Å². The maximum Gasteiger partial charge on any atom is 0.415 e. The molecule has 1 saturated carbocycles. The second kappa shape index (κ2) is 11.3. The number of nitriles is 1. The average molecular weight is 551 g/mol. The molecule has 1 amide bonds. The SMILES string of the molecule is CCOc1cccc(N2CC3(CCCC(COCc4ccccc4)(Cn4cnc5ccc(C#N)cc54)C3)OC2=O)c1. The number of carbonyl (C=O) groups excluding carboxylic acids is 1. The van der Waals surface area contributed by atoms with Crippen molar-refractivity contribution in [3.05, 3.63) is 90.3 Å². The normalized spacial score (nSPS) is 22.1. The second-order valence-corrected chi connectivity index (χ2v) is 11.3. The smallest absolute Gasteiger partial charge is 0.415 e. The van der Waals surface area contributed by atoms with E-state index in [9.17, 15) is 10.1 Å². The zero-order chi connectivity index (χ0) is 28.3. The van der Waals surface area contributed by atoms with Gasteiger partial charge in [0.1, 0.15) is 11.4 Å². The van der Waals surface area contributed by atoms with E-state index in [4.69, 9.17) is 14.2 Å². The van der Waals surface area contributed by atoms with Crippen LogP contribution in [0.15, 0.2) is 79.1 Å². The first-order valence-electron chi connectivity index (χ1n) is 14.2. The van der Waals surface area contributed by atoms with Crippen molar-refractivity contribution in [3.8, 4) is 11.8 Å². The number of rotatable bonds is 9. The highest BCUT2D eigenvalue weighted by Gasteiger charge is 2.53. The Labute approximate surface area is 240 Å². The quantitative estimate of drug-likeness (QED) is 0.237. The number of carbonyl (C=O) groups is 1. The van der Waals surface area contributed by atoms with Gasteiger partial charge in [-0.15, -0.1) is 0 Å². The number of amides is 1. The highest BCUT2D eigenvalue weighted by molar-refractivity contribution is 5.90. The third kappa shape index (κ3) is 5.63. The number of hydrogen-bond acceptors (Lipinski definition) is 6. The summed E-state index contributed by atoms with van der Waals surface area (Å²) in [7, 11) is 0. The van der Waals surface area contributed by atoms with Gasteiger partial charge < -0.3 is 18.8 Å². The van der Waals surface area contributed by atoms with Gasteiger partial charge in [-0.2, -0.15) is 5.26 Å². The van der Waals surface area contributed by atoms with Gasteiger partial charge in [0.15, 0.2) is 0 Å². The van der Waals surface area contributed by atoms with Crippen LogP contribution in [0.5, 0.6) is 5.75 Å². The minimum absolute atomic E-state index is 0.299. The zero-order valence-corrected chi connectivity index (χ0v) is 23.3. The Morgan fingerprint density at radius 2 is 1.95 bits per heavy atom. The molecule has 4 aromatic rings. The van der Waals surface area contributed by atoms with Crippen molar-refractivity contribution in [1.82, 2.24) is 9.55 Å². The van der Waals surface area contributed by atoms with Gasteiger partial charge in [-0.25, -0.2) is 9.78 Å². The van der Waals surface area contributed by atoms with Crippen LogP contribution in [0, 0.1) is 16.7 Å². The molecule has 2 unspecified atom stereocenters. The third-order valence-corrected chi connectivity index (χ3v) is 8.22. The van der Waals surface area contributed by atoms with Gasteiger partial charge in [0.2, 0.25) is 0 Å². The molecule has 1 aromatic heterocycles. The molecule has 1 aliphatic heterocycles. The lowest BCUT2D eigenvalue weighted by molar-refractivity contribution is -0.0726. The molecule has 0 bridgehead atoms. The van der Waals surface area contributed by atoms with E-state index in [0.717, 1.165) is 47.3 Å². The summed E-state index contributed by atoms with van der Waals surface area (Å²) < 4.78 is 20.4. The van der Waals surface area contributed by atoms with Crippen molar-refractivity contribution in [2.45, 2.75) is 51.4 Å². The van der Waals surface area contributed by atoms with Crippen LogP contribution in [0.25, 0.3) is 11.0 Å². The van der Waals surface area contributed by atoms with Crippen molar-refractivity contribution >= 4 is 22.8 Å². The lowest BCUT2D eigenvalue weighted by Gasteiger charge is -2.45. The van der Waals surface area contributed by atoms with Gasteiger partial charge in [-0.3, -0.25) is 4.90 Å². The number of ether oxygens (including phenoxy) is 3. The molecule has 3 aromatic carbocycles. The average Bonchev–Trinajstić information content (AvgIpc) is 3.53. The van der Waals surface area contributed by atoms with E-state index in [-0.39, 0.29) is 11.5 Å². The Kier molecular flexibility index (Phi) is 7.38. The fourth-order valence-electron chi connectivity index (χ4n) is 6.47. The highest BCUT2D eigenvalue weighted by Crippen LogP contribution is 2.48. The summed E-state index contributed by atoms with van der Waals surface area (Å²) in [5.41, 5.74) is 3.34. The van der Waals surface area contributed by atoms with Crippen LogP contribution in [0.3, 0.4) is 0 Å². The fraction of sp³-hybridized carbons (Fsp3) is 0.364. The first-order valence-corrected chi connectivity index (χ1v) is 14.2. The van der Waals surface area contributed by atoms with E-state index >= 15 is 0 Å². The molecule has 41 heavy (non-hydrogen) atoms. The standard InChI is InChI=1S/C33H34N4O4/c1-2-40-28-11-6-10-27(17-28)37-22-33(41-31(37)38)15-7-14-32(20-33,23-39-19-25-8-4-3-5-9-25)21-36-24-35-29-13-12-26(18-34)16-30(29)36/h3-6,8-13,16-17,24H,2,7,14-15,19-23H2,1H3. The molecular weight excluding hydrogens is 516 g/mol. The number of benzene rings is 3. The summed E-state index contributed by atoms with van der Waals surface area (Å²) in [6.07, 6.45) is 4.82. The van der Waals surface area contributed by atoms with Crippen molar-refractivity contribution in [2.24, 2.45) is 5.41 Å². The molecule has 2 atom stereocenters. The number of fused-ring (bicyclic) bond motifs is 1. The van der Waals surface area contributed by atoms with Crippen LogP contribution < -0.4 is 9.64 Å². The first kappa shape index (κ1) is 26.9. The summed E-state index contributed by atoms with van der Waals surface area (Å²) >= 11 is 0. The Bertz CT molecular complexity index is 1580. The van der Waals surface area contributed by atoms with E-state index in [1.165, 1.54) is 0 Å². The number of imidazole rings is 1. The minimum atomic E-state index is -0.624. The Morgan fingerprint density at radius 1 is 1.07 bits per heavy atom. The van der Waals surface area contributed by atoms with Gasteiger partial charge in [0, 0.05) is 18.0 Å². The molecule has 0 radical (unpaired) electrons. The maximum absolute atomic E-state index is 13.3. The number of hydrogen-bond donors (Lipinski definition) is 0. The summed E-state index contributed by atoms with van der Waals surface area (Å²) in [6.45, 7) is 4.64. The van der Waals surface area contributed by atoms with Crippen LogP contribution in [-0.4, -0.2) is 41.0 Å². The highest BCUT2D eigenvalue weighted by atomic mass is 16.6. The molecule has 2 heterocycles. The van der Waals surface area contributed by atoms with E-state index in [1.807, 2.05) is 67.8 Å². The molecule has 1 spiro atoms. The lowest BCUT2D eigenvalue weighted by Crippen LogP contribution is -2.48. The van der Waals surface area contributed by atoms with Crippen molar-refractivity contribution in [1.29, 1.82) is 5.26 Å².